The van der Waals surface area contributed by atoms with Crippen molar-refractivity contribution in [1.29, 1.82) is 0 Å². The van der Waals surface area contributed by atoms with Gasteiger partial charge in [0.15, 0.2) is 11.6 Å². The van der Waals surface area contributed by atoms with Crippen molar-refractivity contribution in [2.24, 2.45) is 5.92 Å². The molecular weight excluding hydrogens is 316 g/mol. The van der Waals surface area contributed by atoms with Gasteiger partial charge in [0.1, 0.15) is 0 Å². The van der Waals surface area contributed by atoms with Crippen LogP contribution in [0.2, 0.25) is 0 Å². The van der Waals surface area contributed by atoms with Crippen molar-refractivity contribution in [2.75, 3.05) is 6.61 Å². The van der Waals surface area contributed by atoms with Crippen LogP contribution < -0.4 is 0 Å². The molecule has 0 aromatic heterocycles. The second-order valence-electron chi connectivity index (χ2n) is 6.02. The zero-order valence-corrected chi connectivity index (χ0v) is 14.7. The second-order valence-corrected chi connectivity index (χ2v) is 6.02. The normalized spacial score (nSPS) is 10.6. The lowest BCUT2D eigenvalue weighted by Gasteiger charge is -2.15. The summed E-state index contributed by atoms with van der Waals surface area (Å²) in [5, 5.41) is 0. The Bertz CT molecular complexity index is 700. The molecule has 0 aliphatic carbocycles. The smallest absolute Gasteiger partial charge is 0.306 e. The van der Waals surface area contributed by atoms with Crippen molar-refractivity contribution in [3.8, 4) is 0 Å². The number of rotatable bonds is 7. The second kappa shape index (κ2) is 8.38. The third-order valence-corrected chi connectivity index (χ3v) is 3.98. The molecule has 25 heavy (non-hydrogen) atoms. The van der Waals surface area contributed by atoms with E-state index in [-0.39, 0.29) is 24.6 Å². The number of esters is 1. The Kier molecular flexibility index (Phi) is 6.23. The minimum atomic E-state index is -1.08. The van der Waals surface area contributed by atoms with Gasteiger partial charge in [-0.25, -0.2) is 0 Å². The van der Waals surface area contributed by atoms with Crippen LogP contribution >= 0.6 is 0 Å². The van der Waals surface area contributed by atoms with Gasteiger partial charge in [0.05, 0.1) is 18.9 Å². The zero-order chi connectivity index (χ0) is 18.4. The van der Waals surface area contributed by atoms with Gasteiger partial charge >= 0.3 is 5.97 Å². The Morgan fingerprint density at radius 3 is 1.56 bits per heavy atom. The number of hydrogen-bond donors (Lipinski definition) is 0. The van der Waals surface area contributed by atoms with Gasteiger partial charge in [-0.2, -0.15) is 0 Å². The number of benzene rings is 2. The SMILES string of the molecule is CCOC(=O)CC(C(=O)c1ccc(C)cc1)C(=O)c1ccc(C)cc1. The van der Waals surface area contributed by atoms with E-state index in [1.807, 2.05) is 38.1 Å². The average molecular weight is 338 g/mol. The number of ketones is 2. The molecule has 0 N–H and O–H groups in total. The molecule has 0 saturated heterocycles. The van der Waals surface area contributed by atoms with E-state index in [0.29, 0.717) is 11.1 Å². The van der Waals surface area contributed by atoms with Crippen molar-refractivity contribution in [1.82, 2.24) is 0 Å². The number of ether oxygens (including phenoxy) is 1. The van der Waals surface area contributed by atoms with Gasteiger partial charge in [-0.15, -0.1) is 0 Å². The molecule has 130 valence electrons. The van der Waals surface area contributed by atoms with Crippen LogP contribution in [0.5, 0.6) is 0 Å². The number of carbonyl (C=O) groups is 3. The minimum Gasteiger partial charge on any atom is -0.466 e. The van der Waals surface area contributed by atoms with Crippen molar-refractivity contribution in [2.45, 2.75) is 27.2 Å². The average Bonchev–Trinajstić information content (AvgIpc) is 2.60. The van der Waals surface area contributed by atoms with Crippen LogP contribution in [0.1, 0.15) is 45.2 Å². The summed E-state index contributed by atoms with van der Waals surface area (Å²) < 4.78 is 4.94. The van der Waals surface area contributed by atoms with E-state index in [2.05, 4.69) is 0 Å². The molecule has 0 spiro atoms. The molecule has 0 amide bonds. The maximum atomic E-state index is 12.8. The first-order valence-electron chi connectivity index (χ1n) is 8.29. The van der Waals surface area contributed by atoms with Gasteiger partial charge < -0.3 is 4.74 Å². The summed E-state index contributed by atoms with van der Waals surface area (Å²) in [5.41, 5.74) is 2.87. The van der Waals surface area contributed by atoms with Crippen molar-refractivity contribution < 1.29 is 19.1 Å². The molecule has 4 heteroatoms. The molecule has 0 aliphatic rings. The first-order valence-corrected chi connectivity index (χ1v) is 8.29. The van der Waals surface area contributed by atoms with E-state index in [0.717, 1.165) is 11.1 Å². The maximum absolute atomic E-state index is 12.8. The van der Waals surface area contributed by atoms with Crippen LogP contribution in [-0.2, 0) is 9.53 Å². The molecule has 0 bridgehead atoms. The van der Waals surface area contributed by atoms with E-state index < -0.39 is 11.9 Å². The summed E-state index contributed by atoms with van der Waals surface area (Å²) in [4.78, 5) is 37.6. The minimum absolute atomic E-state index is 0.211. The van der Waals surface area contributed by atoms with E-state index in [4.69, 9.17) is 4.74 Å². The first-order chi connectivity index (χ1) is 11.9. The van der Waals surface area contributed by atoms with Crippen LogP contribution in [-0.4, -0.2) is 24.1 Å². The third kappa shape index (κ3) is 4.86. The van der Waals surface area contributed by atoms with Gasteiger partial charge in [0.25, 0.3) is 0 Å². The quantitative estimate of drug-likeness (QED) is 0.436. The summed E-state index contributed by atoms with van der Waals surface area (Å²) >= 11 is 0. The monoisotopic (exact) mass is 338 g/mol. The highest BCUT2D eigenvalue weighted by atomic mass is 16.5. The van der Waals surface area contributed by atoms with Gasteiger partial charge in [0.2, 0.25) is 0 Å². The Labute approximate surface area is 147 Å². The van der Waals surface area contributed by atoms with E-state index in [9.17, 15) is 14.4 Å². The standard InChI is InChI=1S/C21H22O4/c1-4-25-19(22)13-18(20(23)16-9-5-14(2)6-10-16)21(24)17-11-7-15(3)8-12-17/h5-12,18H,4,13H2,1-3H3. The Morgan fingerprint density at radius 2 is 1.20 bits per heavy atom. The van der Waals surface area contributed by atoms with Crippen LogP contribution in [0.15, 0.2) is 48.5 Å². The first kappa shape index (κ1) is 18.6. The third-order valence-electron chi connectivity index (χ3n) is 3.98. The van der Waals surface area contributed by atoms with Gasteiger partial charge in [-0.3, -0.25) is 14.4 Å². The number of carbonyl (C=O) groups excluding carboxylic acids is 3. The van der Waals surface area contributed by atoms with Crippen LogP contribution in [0, 0.1) is 19.8 Å². The van der Waals surface area contributed by atoms with Crippen molar-refractivity contribution >= 4 is 17.5 Å². The fourth-order valence-electron chi connectivity index (χ4n) is 2.53. The van der Waals surface area contributed by atoms with E-state index in [1.54, 1.807) is 31.2 Å². The van der Waals surface area contributed by atoms with Crippen LogP contribution in [0.4, 0.5) is 0 Å². The Hall–Kier alpha value is -2.75. The number of Topliss-reactive ketones (excluding diaryl/α,β-unsaturated/α-hetero) is 2. The molecular formula is C21H22O4. The lowest BCUT2D eigenvalue weighted by molar-refractivity contribution is -0.143. The van der Waals surface area contributed by atoms with Crippen molar-refractivity contribution in [3.05, 3.63) is 70.8 Å². The molecule has 0 heterocycles. The van der Waals surface area contributed by atoms with Crippen LogP contribution in [0.3, 0.4) is 0 Å². The highest BCUT2D eigenvalue weighted by Crippen LogP contribution is 2.20. The van der Waals surface area contributed by atoms with E-state index >= 15 is 0 Å². The Morgan fingerprint density at radius 1 is 0.800 bits per heavy atom. The lowest BCUT2D eigenvalue weighted by atomic mass is 9.87. The largest absolute Gasteiger partial charge is 0.466 e. The topological polar surface area (TPSA) is 60.4 Å². The molecule has 0 aliphatic heterocycles. The summed E-state index contributed by atoms with van der Waals surface area (Å²) in [6.45, 7) is 5.74. The van der Waals surface area contributed by atoms with Crippen molar-refractivity contribution in [3.63, 3.8) is 0 Å². The van der Waals surface area contributed by atoms with Gasteiger partial charge in [-0.05, 0) is 20.8 Å². The maximum Gasteiger partial charge on any atom is 0.306 e. The lowest BCUT2D eigenvalue weighted by Crippen LogP contribution is -2.28. The number of hydrogen-bond acceptors (Lipinski definition) is 4. The molecule has 0 saturated carbocycles. The highest BCUT2D eigenvalue weighted by Gasteiger charge is 2.31. The van der Waals surface area contributed by atoms with Gasteiger partial charge in [-0.1, -0.05) is 59.7 Å². The highest BCUT2D eigenvalue weighted by molar-refractivity contribution is 6.17. The molecule has 0 atom stereocenters. The Balaban J connectivity index is 2.32. The molecule has 0 radical (unpaired) electrons. The zero-order valence-electron chi connectivity index (χ0n) is 14.7. The molecule has 2 rings (SSSR count). The summed E-state index contributed by atoms with van der Waals surface area (Å²) in [5.74, 6) is -2.35. The predicted molar refractivity (Wildman–Crippen MR) is 95.8 cm³/mol. The summed E-state index contributed by atoms with van der Waals surface area (Å²) in [7, 11) is 0. The fraction of sp³-hybridized carbons (Fsp3) is 0.286. The van der Waals surface area contributed by atoms with Gasteiger partial charge in [0, 0.05) is 11.1 Å². The van der Waals surface area contributed by atoms with E-state index in [1.165, 1.54) is 0 Å². The molecule has 4 nitrogen and oxygen atoms in total. The number of aryl methyl sites for hydroxylation is 2. The molecule has 0 fully saturated rings. The summed E-state index contributed by atoms with van der Waals surface area (Å²) in [6.07, 6.45) is -0.257. The predicted octanol–water partition coefficient (Wildman–Crippen LogP) is 3.94. The fourth-order valence-corrected chi connectivity index (χ4v) is 2.53. The van der Waals surface area contributed by atoms with Crippen LogP contribution in [0.25, 0.3) is 0 Å². The molecule has 2 aromatic carbocycles. The molecule has 0 unspecified atom stereocenters. The molecule has 2 aromatic rings. The summed E-state index contributed by atoms with van der Waals surface area (Å²) in [6, 6.07) is 14.0.